The highest BCUT2D eigenvalue weighted by Crippen LogP contribution is 2.23. The Morgan fingerprint density at radius 1 is 1.44 bits per heavy atom. The average molecular weight is 334 g/mol. The van der Waals surface area contributed by atoms with Gasteiger partial charge in [-0.25, -0.2) is 0 Å². The van der Waals surface area contributed by atoms with Gasteiger partial charge in [0.25, 0.3) is 0 Å². The molecule has 0 aromatic carbocycles. The molecule has 0 atom stereocenters. The van der Waals surface area contributed by atoms with E-state index in [1.54, 1.807) is 25.2 Å². The zero-order valence-corrected chi connectivity index (χ0v) is 12.7. The summed E-state index contributed by atoms with van der Waals surface area (Å²) >= 11 is 5.01. The molecule has 0 saturated carbocycles. The second-order valence-electron chi connectivity index (χ2n) is 4.67. The Kier molecular flexibility index (Phi) is 5.34. The van der Waals surface area contributed by atoms with Crippen LogP contribution in [0.4, 0.5) is 0 Å². The topological polar surface area (TPSA) is 66.4 Å². The van der Waals surface area contributed by atoms with Gasteiger partial charge in [-0.2, -0.15) is 0 Å². The van der Waals surface area contributed by atoms with Crippen molar-refractivity contribution < 1.29 is 14.7 Å². The van der Waals surface area contributed by atoms with E-state index in [0.29, 0.717) is 6.54 Å². The molecule has 2 N–H and O–H groups in total. The lowest BCUT2D eigenvalue weighted by atomic mass is 9.88. The van der Waals surface area contributed by atoms with E-state index in [-0.39, 0.29) is 12.3 Å². The fourth-order valence-corrected chi connectivity index (χ4v) is 2.97. The first-order valence-electron chi connectivity index (χ1n) is 5.55. The van der Waals surface area contributed by atoms with Crippen LogP contribution >= 0.6 is 27.3 Å². The Hall–Kier alpha value is -0.880. The van der Waals surface area contributed by atoms with Gasteiger partial charge in [0.15, 0.2) is 0 Å². The van der Waals surface area contributed by atoms with E-state index < -0.39 is 11.4 Å². The molecule has 1 rings (SSSR count). The number of hydrogen-bond acceptors (Lipinski definition) is 3. The third kappa shape index (κ3) is 4.78. The number of carbonyl (C=O) groups is 2. The lowest BCUT2D eigenvalue weighted by molar-refractivity contribution is -0.144. The summed E-state index contributed by atoms with van der Waals surface area (Å²) in [7, 11) is 0. The van der Waals surface area contributed by atoms with Gasteiger partial charge in [0.05, 0.1) is 15.6 Å². The third-order valence-electron chi connectivity index (χ3n) is 2.49. The Labute approximate surface area is 119 Å². The predicted molar refractivity (Wildman–Crippen MR) is 74.8 cm³/mol. The zero-order valence-electron chi connectivity index (χ0n) is 10.3. The maximum absolute atomic E-state index is 11.8. The van der Waals surface area contributed by atoms with Crippen molar-refractivity contribution in [3.63, 3.8) is 0 Å². The zero-order chi connectivity index (χ0) is 13.8. The van der Waals surface area contributed by atoms with Crippen molar-refractivity contribution >= 4 is 39.1 Å². The number of halogens is 1. The number of nitrogens with one attached hydrogen (secondary N) is 1. The molecule has 0 fully saturated rings. The van der Waals surface area contributed by atoms with Gasteiger partial charge in [-0.1, -0.05) is 13.8 Å². The number of carboxylic acids is 1. The van der Waals surface area contributed by atoms with Crippen molar-refractivity contribution in [2.45, 2.75) is 26.7 Å². The number of hydrogen-bond donors (Lipinski definition) is 2. The molecular formula is C12H16BrNO3S. The Morgan fingerprint density at radius 3 is 2.61 bits per heavy atom. The van der Waals surface area contributed by atoms with Crippen molar-refractivity contribution in [2.75, 3.05) is 6.54 Å². The van der Waals surface area contributed by atoms with Crippen molar-refractivity contribution in [3.05, 3.63) is 20.8 Å². The van der Waals surface area contributed by atoms with Crippen molar-refractivity contribution in [3.8, 4) is 0 Å². The molecule has 1 aromatic rings. The Morgan fingerprint density at radius 2 is 2.11 bits per heavy atom. The molecule has 1 aromatic heterocycles. The Balaban J connectivity index is 2.39. The predicted octanol–water partition coefficient (Wildman–Crippen LogP) is 2.67. The van der Waals surface area contributed by atoms with Crippen molar-refractivity contribution in [2.24, 2.45) is 5.41 Å². The first kappa shape index (κ1) is 15.2. The molecule has 0 aliphatic heterocycles. The molecule has 100 valence electrons. The van der Waals surface area contributed by atoms with Gasteiger partial charge < -0.3 is 10.4 Å². The van der Waals surface area contributed by atoms with Crippen LogP contribution in [0.15, 0.2) is 15.9 Å². The summed E-state index contributed by atoms with van der Waals surface area (Å²) in [6.07, 6.45) is 0.592. The van der Waals surface area contributed by atoms with Crippen LogP contribution in [-0.4, -0.2) is 23.5 Å². The van der Waals surface area contributed by atoms with Crippen LogP contribution in [0.2, 0.25) is 0 Å². The Bertz CT molecular complexity index is 442. The first-order chi connectivity index (χ1) is 8.31. The molecule has 18 heavy (non-hydrogen) atoms. The molecule has 4 nitrogen and oxygen atoms in total. The fourth-order valence-electron chi connectivity index (χ4n) is 1.48. The minimum atomic E-state index is -0.961. The summed E-state index contributed by atoms with van der Waals surface area (Å²) in [6, 6.07) is 3.97. The standard InChI is InChI=1S/C12H16BrNO3S/c1-12(2,7-10(15)16)11(17)14-6-5-8-3-4-9(13)18-8/h3-4H,5-7H2,1-2H3,(H,14,17)(H,15,16). The monoisotopic (exact) mass is 333 g/mol. The second-order valence-corrected chi connectivity index (χ2v) is 7.21. The fraction of sp³-hybridized carbons (Fsp3) is 0.500. The van der Waals surface area contributed by atoms with Crippen LogP contribution < -0.4 is 5.32 Å². The summed E-state index contributed by atoms with van der Waals surface area (Å²) in [5.41, 5.74) is -0.873. The lowest BCUT2D eigenvalue weighted by Crippen LogP contribution is -2.39. The highest BCUT2D eigenvalue weighted by Gasteiger charge is 2.29. The summed E-state index contributed by atoms with van der Waals surface area (Å²) in [6.45, 7) is 3.80. The molecule has 0 aliphatic carbocycles. The number of amides is 1. The van der Waals surface area contributed by atoms with E-state index in [2.05, 4.69) is 21.2 Å². The molecule has 6 heteroatoms. The molecule has 0 unspecified atom stereocenters. The summed E-state index contributed by atoms with van der Waals surface area (Å²) < 4.78 is 1.06. The van der Waals surface area contributed by atoms with Gasteiger partial charge in [-0.3, -0.25) is 9.59 Å². The minimum Gasteiger partial charge on any atom is -0.481 e. The quantitative estimate of drug-likeness (QED) is 0.841. The van der Waals surface area contributed by atoms with Crippen molar-refractivity contribution in [1.29, 1.82) is 0 Å². The van der Waals surface area contributed by atoms with Crippen LogP contribution in [-0.2, 0) is 16.0 Å². The van der Waals surface area contributed by atoms with Crippen LogP contribution in [0.1, 0.15) is 25.1 Å². The summed E-state index contributed by atoms with van der Waals surface area (Å²) in [5, 5.41) is 11.5. The van der Waals surface area contributed by atoms with E-state index in [1.165, 1.54) is 4.88 Å². The molecule has 1 heterocycles. The normalized spacial score (nSPS) is 11.3. The van der Waals surface area contributed by atoms with Crippen molar-refractivity contribution in [1.82, 2.24) is 5.32 Å². The van der Waals surface area contributed by atoms with Crippen LogP contribution in [0, 0.1) is 5.41 Å². The first-order valence-corrected chi connectivity index (χ1v) is 7.16. The number of carboxylic acid groups (broad SMARTS) is 1. The highest BCUT2D eigenvalue weighted by atomic mass is 79.9. The number of aliphatic carboxylic acids is 1. The maximum atomic E-state index is 11.8. The largest absolute Gasteiger partial charge is 0.481 e. The van der Waals surface area contributed by atoms with Gasteiger partial charge in [0.2, 0.25) is 5.91 Å². The van der Waals surface area contributed by atoms with Gasteiger partial charge in [0.1, 0.15) is 0 Å². The van der Waals surface area contributed by atoms with E-state index in [1.807, 2.05) is 12.1 Å². The van der Waals surface area contributed by atoms with Crippen LogP contribution in [0.25, 0.3) is 0 Å². The SMILES string of the molecule is CC(C)(CC(=O)O)C(=O)NCCc1ccc(Br)s1. The lowest BCUT2D eigenvalue weighted by Gasteiger charge is -2.21. The smallest absolute Gasteiger partial charge is 0.304 e. The van der Waals surface area contributed by atoms with Gasteiger partial charge in [-0.15, -0.1) is 11.3 Å². The van der Waals surface area contributed by atoms with Gasteiger partial charge >= 0.3 is 5.97 Å². The summed E-state index contributed by atoms with van der Waals surface area (Å²) in [5.74, 6) is -1.18. The minimum absolute atomic E-state index is 0.163. The highest BCUT2D eigenvalue weighted by molar-refractivity contribution is 9.11. The molecule has 0 aliphatic rings. The molecular weight excluding hydrogens is 318 g/mol. The van der Waals surface area contributed by atoms with Gasteiger partial charge in [-0.05, 0) is 34.5 Å². The number of thiophene rings is 1. The van der Waals surface area contributed by atoms with E-state index >= 15 is 0 Å². The van der Waals surface area contributed by atoms with Crippen LogP contribution in [0.3, 0.4) is 0 Å². The summed E-state index contributed by atoms with van der Waals surface area (Å²) in [4.78, 5) is 23.6. The molecule has 0 radical (unpaired) electrons. The van der Waals surface area contributed by atoms with Gasteiger partial charge in [0, 0.05) is 11.4 Å². The molecule has 0 spiro atoms. The van der Waals surface area contributed by atoms with E-state index in [0.717, 1.165) is 10.2 Å². The van der Waals surface area contributed by atoms with E-state index in [4.69, 9.17) is 5.11 Å². The maximum Gasteiger partial charge on any atom is 0.304 e. The second kappa shape index (κ2) is 6.33. The van der Waals surface area contributed by atoms with Crippen LogP contribution in [0.5, 0.6) is 0 Å². The number of rotatable bonds is 6. The third-order valence-corrected chi connectivity index (χ3v) is 4.18. The molecule has 0 bridgehead atoms. The molecule has 0 saturated heterocycles. The van der Waals surface area contributed by atoms with E-state index in [9.17, 15) is 9.59 Å². The molecule has 1 amide bonds. The average Bonchev–Trinajstić information content (AvgIpc) is 2.62. The number of carbonyl (C=O) groups excluding carboxylic acids is 1.